The average Bonchev–Trinajstić information content (AvgIpc) is 3.23. The van der Waals surface area contributed by atoms with Gasteiger partial charge in [0.15, 0.2) is 5.65 Å². The zero-order valence-electron chi connectivity index (χ0n) is 16.8. The highest BCUT2D eigenvalue weighted by atomic mass is 32.2. The molecule has 1 fully saturated rings. The number of anilines is 1. The van der Waals surface area contributed by atoms with Crippen LogP contribution in [-0.2, 0) is 10.0 Å². The number of aliphatic hydroxyl groups is 1. The van der Waals surface area contributed by atoms with Gasteiger partial charge in [0.2, 0.25) is 5.69 Å². The lowest BCUT2D eigenvalue weighted by Gasteiger charge is -2.36. The van der Waals surface area contributed by atoms with E-state index in [2.05, 4.69) is 14.7 Å². The first-order chi connectivity index (χ1) is 14.5. The largest absolute Gasteiger partial charge is 0.396 e. The summed E-state index contributed by atoms with van der Waals surface area (Å²) >= 11 is 0. The van der Waals surface area contributed by atoms with E-state index in [9.17, 15) is 13.5 Å². The normalized spacial score (nSPS) is 19.5. The van der Waals surface area contributed by atoms with E-state index >= 15 is 0 Å². The maximum Gasteiger partial charge on any atom is 0.269 e. The Labute approximate surface area is 176 Å². The predicted octanol–water partition coefficient (Wildman–Crippen LogP) is 3.81. The van der Waals surface area contributed by atoms with Crippen molar-refractivity contribution in [1.82, 2.24) is 8.96 Å². The molecule has 1 aliphatic rings. The van der Waals surface area contributed by atoms with Gasteiger partial charge in [0, 0.05) is 37.5 Å². The Hall–Kier alpha value is -2.89. The number of aliphatic hydroxyl groups excluding tert-OH is 1. The second kappa shape index (κ2) is 8.09. The van der Waals surface area contributed by atoms with Gasteiger partial charge in [-0.3, -0.25) is 0 Å². The van der Waals surface area contributed by atoms with Crippen molar-refractivity contribution in [3.05, 3.63) is 60.2 Å². The van der Waals surface area contributed by atoms with Gasteiger partial charge < -0.3 is 10.0 Å². The highest BCUT2D eigenvalue weighted by Gasteiger charge is 2.28. The summed E-state index contributed by atoms with van der Waals surface area (Å²) < 4.78 is 27.5. The number of hydrogen-bond donors (Lipinski definition) is 1. The number of aromatic nitrogens is 2. The molecular formula is C22H24N4O3S. The molecule has 3 aromatic rings. The van der Waals surface area contributed by atoms with Crippen molar-refractivity contribution in [2.45, 2.75) is 36.6 Å². The summed E-state index contributed by atoms with van der Waals surface area (Å²) in [6.07, 6.45) is 6.69. The molecule has 0 atom stereocenters. The Kier molecular flexibility index (Phi) is 5.50. The first-order valence-electron chi connectivity index (χ1n) is 9.99. The number of nitrogens with zero attached hydrogens (tertiary/aromatic N) is 4. The predicted molar refractivity (Wildman–Crippen MR) is 116 cm³/mol. The van der Waals surface area contributed by atoms with Crippen LogP contribution >= 0.6 is 0 Å². The molecule has 156 valence electrons. The second-order valence-electron chi connectivity index (χ2n) is 7.74. The highest BCUT2D eigenvalue weighted by Crippen LogP contribution is 2.39. The van der Waals surface area contributed by atoms with Gasteiger partial charge in [-0.25, -0.2) is 22.2 Å². The monoisotopic (exact) mass is 424 g/mol. The molecule has 0 radical (unpaired) electrons. The van der Waals surface area contributed by atoms with Gasteiger partial charge in [-0.15, -0.1) is 0 Å². The van der Waals surface area contributed by atoms with E-state index in [1.165, 1.54) is 16.4 Å². The highest BCUT2D eigenvalue weighted by molar-refractivity contribution is 7.90. The van der Waals surface area contributed by atoms with E-state index in [-0.39, 0.29) is 17.5 Å². The number of benzene rings is 1. The van der Waals surface area contributed by atoms with Crippen molar-refractivity contribution >= 4 is 32.4 Å². The SMILES string of the molecule is [C-]#[N+]c1cnc2c(ccn2S(=O)(=O)c2ccccc2)c1N(C)C1CCC(CO)CC1. The van der Waals surface area contributed by atoms with Crippen molar-refractivity contribution in [3.63, 3.8) is 0 Å². The fourth-order valence-corrected chi connectivity index (χ4v) is 5.61. The van der Waals surface area contributed by atoms with Crippen LogP contribution in [0.1, 0.15) is 25.7 Å². The molecule has 8 heteroatoms. The lowest BCUT2D eigenvalue weighted by molar-refractivity contribution is 0.182. The molecule has 0 aliphatic heterocycles. The van der Waals surface area contributed by atoms with Gasteiger partial charge in [0.25, 0.3) is 10.0 Å². The summed E-state index contributed by atoms with van der Waals surface area (Å²) in [4.78, 5) is 10.3. The van der Waals surface area contributed by atoms with Crippen LogP contribution in [0, 0.1) is 12.5 Å². The summed E-state index contributed by atoms with van der Waals surface area (Å²) in [6.45, 7) is 7.81. The lowest BCUT2D eigenvalue weighted by atomic mass is 9.85. The average molecular weight is 425 g/mol. The van der Waals surface area contributed by atoms with E-state index in [1.807, 2.05) is 7.05 Å². The molecule has 30 heavy (non-hydrogen) atoms. The Morgan fingerprint density at radius 1 is 1.20 bits per heavy atom. The van der Waals surface area contributed by atoms with Gasteiger partial charge in [0.1, 0.15) is 0 Å². The second-order valence-corrected chi connectivity index (χ2v) is 9.55. The van der Waals surface area contributed by atoms with Crippen LogP contribution in [0.15, 0.2) is 53.7 Å². The van der Waals surface area contributed by atoms with Gasteiger partial charge in [-0.05, 0) is 49.8 Å². The molecule has 0 bridgehead atoms. The van der Waals surface area contributed by atoms with E-state index in [1.54, 1.807) is 36.4 Å². The first-order valence-corrected chi connectivity index (χ1v) is 11.4. The summed E-state index contributed by atoms with van der Waals surface area (Å²) in [5.74, 6) is 0.338. The van der Waals surface area contributed by atoms with Crippen molar-refractivity contribution in [2.75, 3.05) is 18.6 Å². The Balaban J connectivity index is 1.79. The lowest BCUT2D eigenvalue weighted by Crippen LogP contribution is -2.36. The number of hydrogen-bond acceptors (Lipinski definition) is 5. The van der Waals surface area contributed by atoms with Crippen LogP contribution in [0.2, 0.25) is 0 Å². The standard InChI is InChI=1S/C22H24N4O3S/c1-23-20-14-24-22-19(21(20)25(2)17-10-8-16(15-27)9-11-17)12-13-26(22)30(28,29)18-6-4-3-5-7-18/h3-7,12-14,16-17,27H,8-11,15H2,2H3. The minimum absolute atomic E-state index is 0.191. The maximum atomic E-state index is 13.1. The van der Waals surface area contributed by atoms with Gasteiger partial charge >= 0.3 is 0 Å². The zero-order chi connectivity index (χ0) is 21.3. The minimum atomic E-state index is -3.79. The molecule has 0 saturated heterocycles. The fourth-order valence-electron chi connectivity index (χ4n) is 4.29. The quantitative estimate of drug-likeness (QED) is 0.630. The minimum Gasteiger partial charge on any atom is -0.396 e. The van der Waals surface area contributed by atoms with Crippen LogP contribution in [0.4, 0.5) is 11.4 Å². The van der Waals surface area contributed by atoms with Crippen molar-refractivity contribution < 1.29 is 13.5 Å². The molecular weight excluding hydrogens is 400 g/mol. The molecule has 2 aromatic heterocycles. The molecule has 7 nitrogen and oxygen atoms in total. The Bertz CT molecular complexity index is 1190. The van der Waals surface area contributed by atoms with Crippen LogP contribution < -0.4 is 4.90 Å². The molecule has 0 spiro atoms. The van der Waals surface area contributed by atoms with E-state index < -0.39 is 10.0 Å². The fraction of sp³-hybridized carbons (Fsp3) is 0.364. The third-order valence-corrected chi connectivity index (χ3v) is 7.71. The molecule has 1 N–H and O–H groups in total. The van der Waals surface area contributed by atoms with E-state index in [4.69, 9.17) is 6.57 Å². The Morgan fingerprint density at radius 3 is 2.53 bits per heavy atom. The molecule has 1 saturated carbocycles. The van der Waals surface area contributed by atoms with Gasteiger partial charge in [-0.1, -0.05) is 18.2 Å². The van der Waals surface area contributed by atoms with Crippen LogP contribution in [0.25, 0.3) is 15.9 Å². The topological polar surface area (TPSA) is 79.8 Å². The number of pyridine rings is 1. The Morgan fingerprint density at radius 2 is 1.90 bits per heavy atom. The first kappa shape index (κ1) is 20.4. The molecule has 0 unspecified atom stereocenters. The summed E-state index contributed by atoms with van der Waals surface area (Å²) in [7, 11) is -1.83. The molecule has 0 amide bonds. The van der Waals surface area contributed by atoms with Gasteiger partial charge in [0.05, 0.1) is 17.2 Å². The van der Waals surface area contributed by atoms with E-state index in [0.29, 0.717) is 28.3 Å². The summed E-state index contributed by atoms with van der Waals surface area (Å²) in [5.41, 5.74) is 1.44. The third-order valence-electron chi connectivity index (χ3n) is 6.03. The number of rotatable bonds is 5. The summed E-state index contributed by atoms with van der Waals surface area (Å²) in [5, 5.41) is 10.1. The summed E-state index contributed by atoms with van der Waals surface area (Å²) in [6, 6.07) is 10.2. The van der Waals surface area contributed by atoms with Crippen molar-refractivity contribution in [2.24, 2.45) is 5.92 Å². The van der Waals surface area contributed by atoms with Gasteiger partial charge in [-0.2, -0.15) is 0 Å². The molecule has 4 rings (SSSR count). The maximum absolute atomic E-state index is 13.1. The molecule has 1 aromatic carbocycles. The van der Waals surface area contributed by atoms with Crippen LogP contribution in [0.5, 0.6) is 0 Å². The molecule has 2 heterocycles. The van der Waals surface area contributed by atoms with Crippen molar-refractivity contribution in [3.8, 4) is 0 Å². The zero-order valence-corrected chi connectivity index (χ0v) is 17.6. The smallest absolute Gasteiger partial charge is 0.269 e. The van der Waals surface area contributed by atoms with Crippen LogP contribution in [-0.4, -0.2) is 42.2 Å². The van der Waals surface area contributed by atoms with E-state index in [0.717, 1.165) is 25.7 Å². The third kappa shape index (κ3) is 3.44. The molecule has 1 aliphatic carbocycles. The van der Waals surface area contributed by atoms with Crippen molar-refractivity contribution in [1.29, 1.82) is 0 Å². The van der Waals surface area contributed by atoms with Crippen LogP contribution in [0.3, 0.4) is 0 Å². The number of fused-ring (bicyclic) bond motifs is 1.